The fourth-order valence-corrected chi connectivity index (χ4v) is 5.59. The normalized spacial score (nSPS) is 14.5. The predicted molar refractivity (Wildman–Crippen MR) is 156 cm³/mol. The first kappa shape index (κ1) is 24.7. The third-order valence-corrected chi connectivity index (χ3v) is 7.58. The first-order valence-electron chi connectivity index (χ1n) is 13.5. The highest BCUT2D eigenvalue weighted by molar-refractivity contribution is 5.91. The van der Waals surface area contributed by atoms with Gasteiger partial charge in [0.2, 0.25) is 0 Å². The van der Waals surface area contributed by atoms with Crippen LogP contribution in [-0.4, -0.2) is 25.3 Å². The van der Waals surface area contributed by atoms with Crippen LogP contribution in [0.3, 0.4) is 0 Å². The number of nitrogens with one attached hydrogen (secondary N) is 1. The summed E-state index contributed by atoms with van der Waals surface area (Å²) in [5.74, 6) is 0.983. The number of benzene rings is 3. The highest BCUT2D eigenvalue weighted by Crippen LogP contribution is 2.39. The van der Waals surface area contributed by atoms with Crippen LogP contribution in [0.4, 0.5) is 10.5 Å². The van der Waals surface area contributed by atoms with Crippen molar-refractivity contribution in [3.63, 3.8) is 0 Å². The molecule has 5 aromatic rings. The van der Waals surface area contributed by atoms with Crippen LogP contribution in [0.25, 0.3) is 11.5 Å². The van der Waals surface area contributed by atoms with Gasteiger partial charge in [0.15, 0.2) is 0 Å². The van der Waals surface area contributed by atoms with Gasteiger partial charge < -0.3 is 14.8 Å². The zero-order valence-corrected chi connectivity index (χ0v) is 22.8. The maximum atomic E-state index is 14.2. The van der Waals surface area contributed by atoms with Crippen LogP contribution in [0.5, 0.6) is 0 Å². The van der Waals surface area contributed by atoms with Crippen molar-refractivity contribution in [3.8, 4) is 11.5 Å². The van der Waals surface area contributed by atoms with Crippen molar-refractivity contribution in [1.29, 1.82) is 0 Å². The Morgan fingerprint density at radius 3 is 2.38 bits per heavy atom. The number of para-hydroxylation sites is 1. The number of amides is 2. The minimum atomic E-state index is -0.285. The molecule has 0 aliphatic carbocycles. The molecular formula is C33H33N5O. The molecule has 3 heterocycles. The van der Waals surface area contributed by atoms with Gasteiger partial charge in [-0.1, -0.05) is 72.6 Å². The summed E-state index contributed by atoms with van der Waals surface area (Å²) in [5.41, 5.74) is 9.35. The van der Waals surface area contributed by atoms with E-state index in [1.165, 1.54) is 11.1 Å². The molecule has 2 amide bonds. The first-order valence-corrected chi connectivity index (χ1v) is 13.5. The molecule has 0 saturated heterocycles. The third kappa shape index (κ3) is 4.42. The second-order valence-electron chi connectivity index (χ2n) is 10.3. The molecule has 1 atom stereocenters. The predicted octanol–water partition coefficient (Wildman–Crippen LogP) is 7.29. The topological polar surface area (TPSA) is 55.1 Å². The summed E-state index contributed by atoms with van der Waals surface area (Å²) < 4.78 is 4.23. The van der Waals surface area contributed by atoms with Crippen LogP contribution < -0.4 is 5.32 Å². The molecule has 6 nitrogen and oxygen atoms in total. The van der Waals surface area contributed by atoms with Crippen molar-refractivity contribution in [2.45, 2.75) is 46.7 Å². The zero-order chi connectivity index (χ0) is 27.1. The Hall–Kier alpha value is -4.58. The van der Waals surface area contributed by atoms with Gasteiger partial charge in [0, 0.05) is 17.4 Å². The Morgan fingerprint density at radius 2 is 1.67 bits per heavy atom. The van der Waals surface area contributed by atoms with Crippen molar-refractivity contribution in [3.05, 3.63) is 130 Å². The smallest absolute Gasteiger partial charge is 0.308 e. The van der Waals surface area contributed by atoms with Crippen LogP contribution in [0, 0.1) is 20.8 Å². The van der Waals surface area contributed by atoms with Gasteiger partial charge in [0.25, 0.3) is 0 Å². The number of aromatic nitrogens is 3. The Balaban J connectivity index is 1.54. The monoisotopic (exact) mass is 515 g/mol. The second-order valence-corrected chi connectivity index (χ2v) is 10.3. The number of urea groups is 1. The van der Waals surface area contributed by atoms with Gasteiger partial charge in [-0.2, -0.15) is 5.10 Å². The van der Waals surface area contributed by atoms with Gasteiger partial charge in [0.1, 0.15) is 5.82 Å². The van der Waals surface area contributed by atoms with Gasteiger partial charge >= 0.3 is 6.03 Å². The number of carbonyl (C=O) groups excluding carboxylic acids is 1. The molecule has 0 saturated carbocycles. The molecule has 6 rings (SSSR count). The van der Waals surface area contributed by atoms with E-state index in [1.807, 2.05) is 46.8 Å². The maximum absolute atomic E-state index is 14.2. The molecule has 39 heavy (non-hydrogen) atoms. The number of carbonyl (C=O) groups is 1. The molecular weight excluding hydrogens is 482 g/mol. The lowest BCUT2D eigenvalue weighted by molar-refractivity contribution is 0.194. The molecule has 0 bridgehead atoms. The number of aryl methyl sites for hydroxylation is 4. The standard InChI is InChI=1S/C33H33N5O/c1-5-28-27-21-37(33(39)34-29-18-15-23(3)20-24(29)4)31(25-16-13-22(2)14-17-25)30-12-9-19-36(30)32(27)38(35-28)26-10-7-6-8-11-26/h6-20,31H,5,21H2,1-4H3,(H,34,39)/t31-/m0/s1. The summed E-state index contributed by atoms with van der Waals surface area (Å²) in [7, 11) is 0. The minimum Gasteiger partial charge on any atom is -0.308 e. The van der Waals surface area contributed by atoms with Crippen molar-refractivity contribution < 1.29 is 4.79 Å². The Kier molecular flexibility index (Phi) is 6.31. The lowest BCUT2D eigenvalue weighted by Crippen LogP contribution is -2.38. The lowest BCUT2D eigenvalue weighted by atomic mass is 10.0. The van der Waals surface area contributed by atoms with E-state index in [2.05, 4.69) is 91.4 Å². The molecule has 1 aliphatic rings. The van der Waals surface area contributed by atoms with Crippen molar-refractivity contribution in [1.82, 2.24) is 19.2 Å². The molecule has 1 aliphatic heterocycles. The van der Waals surface area contributed by atoms with E-state index in [0.29, 0.717) is 6.54 Å². The molecule has 196 valence electrons. The average molecular weight is 516 g/mol. The maximum Gasteiger partial charge on any atom is 0.322 e. The fourth-order valence-electron chi connectivity index (χ4n) is 5.59. The molecule has 0 fully saturated rings. The van der Waals surface area contributed by atoms with Gasteiger partial charge in [0.05, 0.1) is 29.7 Å². The molecule has 0 radical (unpaired) electrons. The Labute approximate surface area is 229 Å². The summed E-state index contributed by atoms with van der Waals surface area (Å²) >= 11 is 0. The third-order valence-electron chi connectivity index (χ3n) is 7.58. The van der Waals surface area contributed by atoms with Crippen LogP contribution in [0.1, 0.15) is 52.2 Å². The zero-order valence-electron chi connectivity index (χ0n) is 22.8. The van der Waals surface area contributed by atoms with E-state index < -0.39 is 0 Å². The van der Waals surface area contributed by atoms with Gasteiger partial charge in [-0.15, -0.1) is 0 Å². The molecule has 3 aromatic carbocycles. The van der Waals surface area contributed by atoms with Crippen molar-refractivity contribution in [2.24, 2.45) is 0 Å². The first-order chi connectivity index (χ1) is 18.9. The SMILES string of the molecule is CCc1nn(-c2ccccc2)c2c1CN(C(=O)Nc1ccc(C)cc1C)[C@@H](c1ccc(C)cc1)c1cccn1-2. The fraction of sp³-hybridized carbons (Fsp3) is 0.212. The Morgan fingerprint density at radius 1 is 0.923 bits per heavy atom. The summed E-state index contributed by atoms with van der Waals surface area (Å²) in [4.78, 5) is 16.2. The quantitative estimate of drug-likeness (QED) is 0.273. The van der Waals surface area contributed by atoms with Crippen molar-refractivity contribution >= 4 is 11.7 Å². The number of anilines is 1. The van der Waals surface area contributed by atoms with E-state index in [4.69, 9.17) is 5.10 Å². The average Bonchev–Trinajstić information content (AvgIpc) is 3.52. The van der Waals surface area contributed by atoms with Crippen LogP contribution in [0.15, 0.2) is 91.1 Å². The number of hydrogen-bond acceptors (Lipinski definition) is 2. The van der Waals surface area contributed by atoms with Gasteiger partial charge in [-0.05, 0) is 68.7 Å². The van der Waals surface area contributed by atoms with Gasteiger partial charge in [-0.25, -0.2) is 9.48 Å². The lowest BCUT2D eigenvalue weighted by Gasteiger charge is -2.31. The molecule has 0 spiro atoms. The van der Waals surface area contributed by atoms with E-state index in [0.717, 1.165) is 51.7 Å². The molecule has 0 unspecified atom stereocenters. The van der Waals surface area contributed by atoms with E-state index in [9.17, 15) is 4.79 Å². The summed E-state index contributed by atoms with van der Waals surface area (Å²) in [5, 5.41) is 8.28. The highest BCUT2D eigenvalue weighted by atomic mass is 16.2. The molecule has 1 N–H and O–H groups in total. The second kappa shape index (κ2) is 9.95. The molecule has 6 heteroatoms. The van der Waals surface area contributed by atoms with E-state index in [1.54, 1.807) is 0 Å². The number of nitrogens with zero attached hydrogens (tertiary/aromatic N) is 4. The molecule has 2 aromatic heterocycles. The largest absolute Gasteiger partial charge is 0.322 e. The summed E-state index contributed by atoms with van der Waals surface area (Å²) in [6.45, 7) is 8.74. The highest BCUT2D eigenvalue weighted by Gasteiger charge is 2.36. The number of fused-ring (bicyclic) bond motifs is 3. The Bertz CT molecular complexity index is 1650. The minimum absolute atomic E-state index is 0.136. The van der Waals surface area contributed by atoms with Crippen LogP contribution in [-0.2, 0) is 13.0 Å². The number of rotatable bonds is 4. The summed E-state index contributed by atoms with van der Waals surface area (Å²) in [6, 6.07) is 28.6. The van der Waals surface area contributed by atoms with Crippen LogP contribution in [0.2, 0.25) is 0 Å². The van der Waals surface area contributed by atoms with Gasteiger partial charge in [-0.3, -0.25) is 0 Å². The number of hydrogen-bond donors (Lipinski definition) is 1. The summed E-state index contributed by atoms with van der Waals surface area (Å²) in [6.07, 6.45) is 2.85. The van der Waals surface area contributed by atoms with E-state index in [-0.39, 0.29) is 12.1 Å². The van der Waals surface area contributed by atoms with E-state index >= 15 is 0 Å². The van der Waals surface area contributed by atoms with Crippen molar-refractivity contribution in [2.75, 3.05) is 5.32 Å². The van der Waals surface area contributed by atoms with Crippen LogP contribution >= 0.6 is 0 Å².